The van der Waals surface area contributed by atoms with Gasteiger partial charge in [-0.05, 0) is 11.0 Å². The molecule has 1 aromatic rings. The first kappa shape index (κ1) is 17.9. The van der Waals surface area contributed by atoms with Gasteiger partial charge in [-0.3, -0.25) is 9.59 Å². The van der Waals surface area contributed by atoms with E-state index in [1.165, 1.54) is 7.05 Å². The summed E-state index contributed by atoms with van der Waals surface area (Å²) in [4.78, 5) is 24.5. The third kappa shape index (κ3) is 4.43. The number of carbonyl (C=O) groups is 2. The molecule has 1 aromatic carbocycles. The van der Waals surface area contributed by atoms with Crippen molar-refractivity contribution >= 4 is 17.4 Å². The second-order valence-electron chi connectivity index (χ2n) is 6.24. The normalized spacial score (nSPS) is 14.0. The van der Waals surface area contributed by atoms with E-state index >= 15 is 0 Å². The van der Waals surface area contributed by atoms with Crippen molar-refractivity contribution < 1.29 is 14.7 Å². The Kier molecular flexibility index (Phi) is 5.88. The number of hydrogen-bond acceptors (Lipinski definition) is 4. The fraction of sp³-hybridized carbons (Fsp3) is 0.412. The predicted molar refractivity (Wildman–Crippen MR) is 86.7 cm³/mol. The van der Waals surface area contributed by atoms with Crippen LogP contribution in [0.15, 0.2) is 35.9 Å². The molecule has 5 nitrogen and oxygen atoms in total. The Morgan fingerprint density at radius 2 is 1.77 bits per heavy atom. The van der Waals surface area contributed by atoms with Crippen LogP contribution in [-0.2, 0) is 9.59 Å². The van der Waals surface area contributed by atoms with Gasteiger partial charge in [0.1, 0.15) is 5.57 Å². The number of aliphatic hydroxyl groups is 1. The lowest BCUT2D eigenvalue weighted by atomic mass is 9.84. The minimum atomic E-state index is -0.858. The van der Waals surface area contributed by atoms with Crippen molar-refractivity contribution in [3.05, 3.63) is 41.5 Å². The smallest absolute Gasteiger partial charge is 0.256 e. The summed E-state index contributed by atoms with van der Waals surface area (Å²) in [5.74, 6) is -1.02. The zero-order valence-electron chi connectivity index (χ0n) is 13.5. The van der Waals surface area contributed by atoms with E-state index in [4.69, 9.17) is 5.73 Å². The Morgan fingerprint density at radius 1 is 1.23 bits per heavy atom. The molecule has 1 rings (SSSR count). The minimum Gasteiger partial charge on any atom is -0.397 e. The molecule has 0 heterocycles. The van der Waals surface area contributed by atoms with Crippen LogP contribution in [0.25, 0.3) is 5.70 Å². The van der Waals surface area contributed by atoms with Crippen molar-refractivity contribution in [2.24, 2.45) is 11.1 Å². The fourth-order valence-electron chi connectivity index (χ4n) is 1.87. The SMILES string of the molecule is CNC(=O)C(C(=O)CC(O)C(C)(C)C)=C(N)c1ccccc1. The number of ketones is 1. The first-order valence-corrected chi connectivity index (χ1v) is 7.17. The number of benzene rings is 1. The molecule has 1 amide bonds. The lowest BCUT2D eigenvalue weighted by molar-refractivity contribution is -0.124. The summed E-state index contributed by atoms with van der Waals surface area (Å²) < 4.78 is 0. The highest BCUT2D eigenvalue weighted by Crippen LogP contribution is 2.24. The maximum Gasteiger partial charge on any atom is 0.256 e. The summed E-state index contributed by atoms with van der Waals surface area (Å²) in [5, 5.41) is 12.5. The first-order valence-electron chi connectivity index (χ1n) is 7.17. The number of carbonyl (C=O) groups excluding carboxylic acids is 2. The monoisotopic (exact) mass is 304 g/mol. The van der Waals surface area contributed by atoms with Crippen molar-refractivity contribution in [1.82, 2.24) is 5.32 Å². The molecule has 0 spiro atoms. The molecule has 0 fully saturated rings. The van der Waals surface area contributed by atoms with Gasteiger partial charge in [-0.25, -0.2) is 0 Å². The van der Waals surface area contributed by atoms with Gasteiger partial charge in [0.05, 0.1) is 11.8 Å². The summed E-state index contributed by atoms with van der Waals surface area (Å²) >= 11 is 0. The molecule has 0 saturated heterocycles. The highest BCUT2D eigenvalue weighted by atomic mass is 16.3. The highest BCUT2D eigenvalue weighted by molar-refractivity contribution is 6.24. The number of rotatable bonds is 5. The second-order valence-corrected chi connectivity index (χ2v) is 6.24. The summed E-state index contributed by atoms with van der Waals surface area (Å²) in [5.41, 5.74) is 6.16. The molecule has 5 heteroatoms. The molecule has 0 aliphatic heterocycles. The van der Waals surface area contributed by atoms with Gasteiger partial charge >= 0.3 is 0 Å². The van der Waals surface area contributed by atoms with Crippen LogP contribution in [0.1, 0.15) is 32.8 Å². The van der Waals surface area contributed by atoms with Crippen LogP contribution in [0.5, 0.6) is 0 Å². The average Bonchev–Trinajstić information content (AvgIpc) is 2.46. The zero-order chi connectivity index (χ0) is 16.9. The summed E-state index contributed by atoms with van der Waals surface area (Å²) in [7, 11) is 1.44. The fourth-order valence-corrected chi connectivity index (χ4v) is 1.87. The lowest BCUT2D eigenvalue weighted by Crippen LogP contribution is -2.33. The van der Waals surface area contributed by atoms with E-state index in [0.717, 1.165) is 0 Å². The number of likely N-dealkylation sites (N-methyl/N-ethyl adjacent to an activating group) is 1. The Balaban J connectivity index is 3.19. The van der Waals surface area contributed by atoms with Gasteiger partial charge in [0.2, 0.25) is 0 Å². The molecule has 1 atom stereocenters. The molecular formula is C17H24N2O3. The molecule has 4 N–H and O–H groups in total. The summed E-state index contributed by atoms with van der Waals surface area (Å²) in [6, 6.07) is 8.83. The van der Waals surface area contributed by atoms with E-state index < -0.39 is 23.2 Å². The zero-order valence-corrected chi connectivity index (χ0v) is 13.5. The maximum atomic E-state index is 12.5. The molecule has 22 heavy (non-hydrogen) atoms. The average molecular weight is 304 g/mol. The number of nitrogens with two attached hydrogens (primary N) is 1. The van der Waals surface area contributed by atoms with Crippen LogP contribution in [0.4, 0.5) is 0 Å². The van der Waals surface area contributed by atoms with E-state index in [2.05, 4.69) is 5.32 Å². The molecule has 0 aromatic heterocycles. The Labute approximate surface area is 131 Å². The molecular weight excluding hydrogens is 280 g/mol. The van der Waals surface area contributed by atoms with Crippen molar-refractivity contribution in [1.29, 1.82) is 0 Å². The van der Waals surface area contributed by atoms with Gasteiger partial charge in [0.25, 0.3) is 5.91 Å². The van der Waals surface area contributed by atoms with Crippen LogP contribution in [0, 0.1) is 5.41 Å². The minimum absolute atomic E-state index is 0.114. The van der Waals surface area contributed by atoms with Crippen molar-refractivity contribution in [3.63, 3.8) is 0 Å². The van der Waals surface area contributed by atoms with Gasteiger partial charge in [0.15, 0.2) is 5.78 Å². The van der Waals surface area contributed by atoms with E-state index in [1.807, 2.05) is 26.8 Å². The van der Waals surface area contributed by atoms with Gasteiger partial charge < -0.3 is 16.2 Å². The van der Waals surface area contributed by atoms with Crippen molar-refractivity contribution in [2.75, 3.05) is 7.05 Å². The number of aliphatic hydroxyl groups excluding tert-OH is 1. The third-order valence-corrected chi connectivity index (χ3v) is 3.47. The lowest BCUT2D eigenvalue weighted by Gasteiger charge is -2.25. The van der Waals surface area contributed by atoms with Gasteiger partial charge in [-0.15, -0.1) is 0 Å². The van der Waals surface area contributed by atoms with Crippen LogP contribution >= 0.6 is 0 Å². The Hall–Kier alpha value is -2.14. The number of nitrogens with one attached hydrogen (secondary N) is 1. The molecule has 1 unspecified atom stereocenters. The first-order chi connectivity index (χ1) is 10.2. The molecule has 0 radical (unpaired) electrons. The van der Waals surface area contributed by atoms with Gasteiger partial charge in [-0.1, -0.05) is 51.1 Å². The highest BCUT2D eigenvalue weighted by Gasteiger charge is 2.29. The van der Waals surface area contributed by atoms with Crippen molar-refractivity contribution in [3.8, 4) is 0 Å². The Bertz CT molecular complexity index is 571. The number of amides is 1. The van der Waals surface area contributed by atoms with Crippen LogP contribution in [0.3, 0.4) is 0 Å². The summed E-state index contributed by atoms with van der Waals surface area (Å²) in [6.07, 6.45) is -1.01. The quantitative estimate of drug-likeness (QED) is 0.436. The van der Waals surface area contributed by atoms with E-state index in [9.17, 15) is 14.7 Å². The predicted octanol–water partition coefficient (Wildman–Crippen LogP) is 1.47. The van der Waals surface area contributed by atoms with E-state index in [-0.39, 0.29) is 17.7 Å². The van der Waals surface area contributed by atoms with Crippen LogP contribution in [-0.4, -0.2) is 29.9 Å². The summed E-state index contributed by atoms with van der Waals surface area (Å²) in [6.45, 7) is 5.48. The van der Waals surface area contributed by atoms with E-state index in [1.54, 1.807) is 24.3 Å². The van der Waals surface area contributed by atoms with Crippen molar-refractivity contribution in [2.45, 2.75) is 33.3 Å². The maximum absolute atomic E-state index is 12.5. The Morgan fingerprint density at radius 3 is 2.23 bits per heavy atom. The molecule has 0 aliphatic rings. The largest absolute Gasteiger partial charge is 0.397 e. The standard InChI is InChI=1S/C17H24N2O3/c1-17(2,3)13(21)10-12(20)14(16(22)19-4)15(18)11-8-6-5-7-9-11/h5-9,13,21H,10,18H2,1-4H3,(H,19,22). The number of Topliss-reactive ketones (excluding diaryl/α,β-unsaturated/α-hetero) is 1. The molecule has 120 valence electrons. The van der Waals surface area contributed by atoms with Gasteiger partial charge in [0, 0.05) is 13.5 Å². The third-order valence-electron chi connectivity index (χ3n) is 3.47. The molecule has 0 saturated carbocycles. The molecule has 0 bridgehead atoms. The topological polar surface area (TPSA) is 92.4 Å². The van der Waals surface area contributed by atoms with E-state index in [0.29, 0.717) is 5.56 Å². The van der Waals surface area contributed by atoms with Crippen LogP contribution in [0.2, 0.25) is 0 Å². The van der Waals surface area contributed by atoms with Gasteiger partial charge in [-0.2, -0.15) is 0 Å². The van der Waals surface area contributed by atoms with Crippen LogP contribution < -0.4 is 11.1 Å². The molecule has 0 aliphatic carbocycles. The number of hydrogen-bond donors (Lipinski definition) is 3. The second kappa shape index (κ2) is 7.22.